The van der Waals surface area contributed by atoms with Crippen LogP contribution >= 0.6 is 11.3 Å². The molecule has 1 amide bonds. The number of hydrogen-bond acceptors (Lipinski definition) is 5. The van der Waals surface area contributed by atoms with Gasteiger partial charge in [0.1, 0.15) is 5.75 Å². The van der Waals surface area contributed by atoms with Crippen molar-refractivity contribution >= 4 is 17.2 Å². The Hall–Kier alpha value is -1.89. The molecule has 1 N–H and O–H groups in total. The molecule has 6 heteroatoms. The van der Waals surface area contributed by atoms with Crippen LogP contribution in [-0.4, -0.2) is 61.1 Å². The van der Waals surface area contributed by atoms with Crippen LogP contribution in [0.5, 0.6) is 5.75 Å². The van der Waals surface area contributed by atoms with Crippen molar-refractivity contribution in [3.8, 4) is 5.75 Å². The number of benzene rings is 1. The number of nitrogens with zero attached hydrogens (tertiary/aromatic N) is 2. The standard InChI is InChI=1S/C22H29N3O2S/c1-17(22(26)23-8-6-20-3-2-14-28-20)25-11-9-24(10-12-25)16-18-4-5-21-19(15-18)7-13-27-21/h2-5,14-15,17H,6-13,16H2,1H3,(H,23,26)/t17-/m0/s1. The minimum Gasteiger partial charge on any atom is -0.493 e. The predicted octanol–water partition coefficient (Wildman–Crippen LogP) is 2.55. The van der Waals surface area contributed by atoms with Gasteiger partial charge in [-0.05, 0) is 42.0 Å². The van der Waals surface area contributed by atoms with E-state index in [1.807, 2.05) is 6.92 Å². The Morgan fingerprint density at radius 3 is 2.89 bits per heavy atom. The lowest BCUT2D eigenvalue weighted by Crippen LogP contribution is -2.53. The molecular weight excluding hydrogens is 370 g/mol. The van der Waals surface area contributed by atoms with Crippen molar-refractivity contribution < 1.29 is 9.53 Å². The summed E-state index contributed by atoms with van der Waals surface area (Å²) in [6.45, 7) is 8.40. The van der Waals surface area contributed by atoms with E-state index in [-0.39, 0.29) is 11.9 Å². The summed E-state index contributed by atoms with van der Waals surface area (Å²) in [6, 6.07) is 10.7. The third-order valence-corrected chi connectivity index (χ3v) is 6.68. The van der Waals surface area contributed by atoms with E-state index in [1.165, 1.54) is 16.0 Å². The maximum Gasteiger partial charge on any atom is 0.237 e. The highest BCUT2D eigenvalue weighted by Gasteiger charge is 2.25. The average molecular weight is 400 g/mol. The third-order valence-electron chi connectivity index (χ3n) is 5.74. The van der Waals surface area contributed by atoms with Crippen LogP contribution in [-0.2, 0) is 24.2 Å². The van der Waals surface area contributed by atoms with Crippen molar-refractivity contribution in [1.29, 1.82) is 0 Å². The van der Waals surface area contributed by atoms with Gasteiger partial charge in [0.2, 0.25) is 5.91 Å². The van der Waals surface area contributed by atoms with E-state index in [0.29, 0.717) is 6.54 Å². The third kappa shape index (κ3) is 4.74. The van der Waals surface area contributed by atoms with Gasteiger partial charge in [-0.3, -0.25) is 14.6 Å². The maximum absolute atomic E-state index is 12.5. The number of rotatable bonds is 7. The molecule has 1 saturated heterocycles. The fraction of sp³-hybridized carbons (Fsp3) is 0.500. The normalized spacial score (nSPS) is 18.5. The van der Waals surface area contributed by atoms with Crippen molar-refractivity contribution in [2.75, 3.05) is 39.3 Å². The lowest BCUT2D eigenvalue weighted by molar-refractivity contribution is -0.126. The Balaban J connectivity index is 1.20. The maximum atomic E-state index is 12.5. The molecule has 2 aliphatic rings. The van der Waals surface area contributed by atoms with Crippen molar-refractivity contribution in [2.24, 2.45) is 0 Å². The van der Waals surface area contributed by atoms with Crippen LogP contribution in [0.15, 0.2) is 35.7 Å². The fourth-order valence-corrected chi connectivity index (χ4v) is 4.69. The molecule has 0 radical (unpaired) electrons. The van der Waals surface area contributed by atoms with Crippen LogP contribution in [0.2, 0.25) is 0 Å². The van der Waals surface area contributed by atoms with Crippen LogP contribution in [0.3, 0.4) is 0 Å². The first kappa shape index (κ1) is 19.4. The first-order valence-corrected chi connectivity index (χ1v) is 11.1. The summed E-state index contributed by atoms with van der Waals surface area (Å²) < 4.78 is 5.60. The van der Waals surface area contributed by atoms with Crippen LogP contribution in [0.1, 0.15) is 22.9 Å². The van der Waals surface area contributed by atoms with Crippen molar-refractivity contribution in [1.82, 2.24) is 15.1 Å². The zero-order valence-corrected chi connectivity index (χ0v) is 17.3. The van der Waals surface area contributed by atoms with Crippen LogP contribution in [0, 0.1) is 0 Å². The molecule has 28 heavy (non-hydrogen) atoms. The van der Waals surface area contributed by atoms with E-state index < -0.39 is 0 Å². The van der Waals surface area contributed by atoms with Crippen LogP contribution < -0.4 is 10.1 Å². The summed E-state index contributed by atoms with van der Waals surface area (Å²) in [5, 5.41) is 5.17. The number of fused-ring (bicyclic) bond motifs is 1. The van der Waals surface area contributed by atoms with Crippen molar-refractivity contribution in [2.45, 2.75) is 32.4 Å². The van der Waals surface area contributed by atoms with E-state index in [4.69, 9.17) is 4.74 Å². The largest absolute Gasteiger partial charge is 0.493 e. The molecule has 0 bridgehead atoms. The molecule has 5 nitrogen and oxygen atoms in total. The van der Waals surface area contributed by atoms with Gasteiger partial charge in [-0.15, -0.1) is 11.3 Å². The van der Waals surface area contributed by atoms with E-state index in [2.05, 4.69) is 50.8 Å². The molecule has 0 aliphatic carbocycles. The molecule has 1 aromatic heterocycles. The van der Waals surface area contributed by atoms with Crippen LogP contribution in [0.4, 0.5) is 0 Å². The second-order valence-corrected chi connectivity index (χ2v) is 8.68. The zero-order valence-electron chi connectivity index (χ0n) is 16.5. The molecule has 2 aliphatic heterocycles. The molecule has 1 fully saturated rings. The zero-order chi connectivity index (χ0) is 19.3. The van der Waals surface area contributed by atoms with E-state index >= 15 is 0 Å². The summed E-state index contributed by atoms with van der Waals surface area (Å²) in [6.07, 6.45) is 1.94. The van der Waals surface area contributed by atoms with E-state index in [0.717, 1.165) is 57.9 Å². The van der Waals surface area contributed by atoms with Gasteiger partial charge in [0.15, 0.2) is 0 Å². The number of piperazine rings is 1. The molecule has 1 atom stereocenters. The fourth-order valence-electron chi connectivity index (χ4n) is 3.98. The molecule has 4 rings (SSSR count). The van der Waals surface area contributed by atoms with E-state index in [9.17, 15) is 4.79 Å². The molecule has 0 spiro atoms. The van der Waals surface area contributed by atoms with Gasteiger partial charge in [-0.2, -0.15) is 0 Å². The van der Waals surface area contributed by atoms with Gasteiger partial charge in [0.25, 0.3) is 0 Å². The first-order chi connectivity index (χ1) is 13.7. The topological polar surface area (TPSA) is 44.8 Å². The summed E-state index contributed by atoms with van der Waals surface area (Å²) in [7, 11) is 0. The Bertz CT molecular complexity index is 785. The van der Waals surface area contributed by atoms with Gasteiger partial charge in [-0.25, -0.2) is 0 Å². The Morgan fingerprint density at radius 2 is 2.11 bits per heavy atom. The Labute approximate surface area is 171 Å². The SMILES string of the molecule is C[C@@H](C(=O)NCCc1cccs1)N1CCN(Cc2ccc3c(c2)CCO3)CC1. The summed E-state index contributed by atoms with van der Waals surface area (Å²) >= 11 is 1.74. The molecule has 2 aromatic rings. The number of ether oxygens (including phenoxy) is 1. The summed E-state index contributed by atoms with van der Waals surface area (Å²) in [5.74, 6) is 1.19. The molecule has 0 saturated carbocycles. The van der Waals surface area contributed by atoms with Gasteiger partial charge in [-0.1, -0.05) is 18.2 Å². The smallest absolute Gasteiger partial charge is 0.237 e. The number of nitrogens with one attached hydrogen (secondary N) is 1. The number of amides is 1. The predicted molar refractivity (Wildman–Crippen MR) is 113 cm³/mol. The quantitative estimate of drug-likeness (QED) is 0.777. The summed E-state index contributed by atoms with van der Waals surface area (Å²) in [5.41, 5.74) is 2.70. The highest BCUT2D eigenvalue weighted by Crippen LogP contribution is 2.26. The molecular formula is C22H29N3O2S. The minimum atomic E-state index is -0.0670. The monoisotopic (exact) mass is 399 g/mol. The highest BCUT2D eigenvalue weighted by molar-refractivity contribution is 7.09. The highest BCUT2D eigenvalue weighted by atomic mass is 32.1. The second kappa shape index (κ2) is 9.07. The molecule has 3 heterocycles. The average Bonchev–Trinajstić information content (AvgIpc) is 3.39. The van der Waals surface area contributed by atoms with Crippen molar-refractivity contribution in [3.63, 3.8) is 0 Å². The first-order valence-electron chi connectivity index (χ1n) is 10.2. The van der Waals surface area contributed by atoms with Gasteiger partial charge in [0.05, 0.1) is 12.6 Å². The second-order valence-electron chi connectivity index (χ2n) is 7.65. The van der Waals surface area contributed by atoms with Crippen LogP contribution in [0.25, 0.3) is 0 Å². The van der Waals surface area contributed by atoms with Crippen molar-refractivity contribution in [3.05, 3.63) is 51.7 Å². The lowest BCUT2D eigenvalue weighted by atomic mass is 10.1. The molecule has 1 aromatic carbocycles. The minimum absolute atomic E-state index is 0.0670. The molecule has 0 unspecified atom stereocenters. The Kier molecular flexibility index (Phi) is 6.29. The van der Waals surface area contributed by atoms with Gasteiger partial charge in [0, 0.05) is 50.6 Å². The number of hydrogen-bond donors (Lipinski definition) is 1. The van der Waals surface area contributed by atoms with E-state index in [1.54, 1.807) is 11.3 Å². The van der Waals surface area contributed by atoms with Gasteiger partial charge >= 0.3 is 0 Å². The molecule has 150 valence electrons. The number of carbonyl (C=O) groups excluding carboxylic acids is 1. The Morgan fingerprint density at radius 1 is 1.25 bits per heavy atom. The summed E-state index contributed by atoms with van der Waals surface area (Å²) in [4.78, 5) is 18.6. The number of carbonyl (C=O) groups is 1. The van der Waals surface area contributed by atoms with Gasteiger partial charge < -0.3 is 10.1 Å². The lowest BCUT2D eigenvalue weighted by Gasteiger charge is -2.37. The number of thiophene rings is 1.